The van der Waals surface area contributed by atoms with Crippen molar-refractivity contribution in [2.75, 3.05) is 31.3 Å². The Morgan fingerprint density at radius 3 is 2.33 bits per heavy atom. The van der Waals surface area contributed by atoms with Crippen molar-refractivity contribution in [3.63, 3.8) is 0 Å². The maximum atomic E-state index is 13.2. The molecule has 36 heavy (non-hydrogen) atoms. The van der Waals surface area contributed by atoms with E-state index in [9.17, 15) is 13.2 Å². The SMILES string of the molecule is CC(C)COS(=O)(=O)c1ccc2c(c1)/C(=C(/Nc1ccc(CN(C)C)cc1)c1ccccc1)C(=O)N2. The first-order chi connectivity index (χ1) is 17.1. The molecule has 1 aliphatic heterocycles. The minimum absolute atomic E-state index is 0.0105. The van der Waals surface area contributed by atoms with Crippen molar-refractivity contribution in [2.24, 2.45) is 5.92 Å². The van der Waals surface area contributed by atoms with Crippen molar-refractivity contribution in [3.8, 4) is 0 Å². The van der Waals surface area contributed by atoms with Gasteiger partial charge in [-0.3, -0.25) is 8.98 Å². The Bertz CT molecular complexity index is 1380. The summed E-state index contributed by atoms with van der Waals surface area (Å²) >= 11 is 0. The summed E-state index contributed by atoms with van der Waals surface area (Å²) in [7, 11) is 0.0650. The molecule has 0 unspecified atom stereocenters. The fraction of sp³-hybridized carbons (Fsp3) is 0.250. The minimum atomic E-state index is -3.97. The summed E-state index contributed by atoms with van der Waals surface area (Å²) in [6.07, 6.45) is 0. The van der Waals surface area contributed by atoms with Gasteiger partial charge in [-0.25, -0.2) is 0 Å². The van der Waals surface area contributed by atoms with Crippen molar-refractivity contribution in [1.82, 2.24) is 4.90 Å². The van der Waals surface area contributed by atoms with Crippen molar-refractivity contribution >= 4 is 38.7 Å². The molecule has 7 nitrogen and oxygen atoms in total. The molecule has 0 saturated heterocycles. The quantitative estimate of drug-likeness (QED) is 0.313. The second kappa shape index (κ2) is 10.7. The van der Waals surface area contributed by atoms with Gasteiger partial charge in [0.25, 0.3) is 16.0 Å². The van der Waals surface area contributed by atoms with Crippen LogP contribution in [0.3, 0.4) is 0 Å². The molecule has 0 spiro atoms. The molecule has 2 N–H and O–H groups in total. The van der Waals surface area contributed by atoms with Crippen LogP contribution in [0, 0.1) is 5.92 Å². The van der Waals surface area contributed by atoms with E-state index in [4.69, 9.17) is 4.18 Å². The number of hydrogen-bond donors (Lipinski definition) is 2. The molecule has 1 amide bonds. The monoisotopic (exact) mass is 505 g/mol. The minimum Gasteiger partial charge on any atom is -0.354 e. The third kappa shape index (κ3) is 5.84. The molecule has 0 radical (unpaired) electrons. The Hall–Kier alpha value is -3.46. The largest absolute Gasteiger partial charge is 0.354 e. The second-order valence-corrected chi connectivity index (χ2v) is 11.1. The third-order valence-corrected chi connectivity index (χ3v) is 6.89. The molecule has 0 atom stereocenters. The second-order valence-electron chi connectivity index (χ2n) is 9.47. The Kier molecular flexibility index (Phi) is 7.59. The molecule has 1 aliphatic rings. The van der Waals surface area contributed by atoms with Gasteiger partial charge in [-0.1, -0.05) is 56.3 Å². The smallest absolute Gasteiger partial charge is 0.297 e. The Balaban J connectivity index is 1.79. The summed E-state index contributed by atoms with van der Waals surface area (Å²) in [4.78, 5) is 15.3. The first kappa shape index (κ1) is 25.6. The van der Waals surface area contributed by atoms with Gasteiger partial charge < -0.3 is 15.5 Å². The highest BCUT2D eigenvalue weighted by Crippen LogP contribution is 2.39. The summed E-state index contributed by atoms with van der Waals surface area (Å²) in [5.74, 6) is -0.246. The van der Waals surface area contributed by atoms with E-state index in [0.717, 1.165) is 17.8 Å². The van der Waals surface area contributed by atoms with Crippen LogP contribution < -0.4 is 10.6 Å². The number of anilines is 2. The van der Waals surface area contributed by atoms with E-state index in [-0.39, 0.29) is 23.3 Å². The summed E-state index contributed by atoms with van der Waals surface area (Å²) in [6.45, 7) is 4.66. The highest BCUT2D eigenvalue weighted by atomic mass is 32.2. The molecule has 0 aromatic heterocycles. The number of nitrogens with one attached hydrogen (secondary N) is 2. The van der Waals surface area contributed by atoms with Crippen LogP contribution in [0.1, 0.15) is 30.5 Å². The predicted octanol–water partition coefficient (Wildman–Crippen LogP) is 5.04. The zero-order valence-electron chi connectivity index (χ0n) is 20.9. The molecular formula is C28H31N3O4S. The van der Waals surface area contributed by atoms with Gasteiger partial charge in [-0.2, -0.15) is 8.42 Å². The van der Waals surface area contributed by atoms with Crippen LogP contribution in [-0.4, -0.2) is 39.9 Å². The predicted molar refractivity (Wildman–Crippen MR) is 144 cm³/mol. The summed E-state index contributed by atoms with van der Waals surface area (Å²) < 4.78 is 30.8. The molecule has 0 bridgehead atoms. The van der Waals surface area contributed by atoms with Crippen LogP contribution in [-0.2, 0) is 25.6 Å². The van der Waals surface area contributed by atoms with Crippen molar-refractivity contribution in [2.45, 2.75) is 25.3 Å². The number of fused-ring (bicyclic) bond motifs is 1. The summed E-state index contributed by atoms with van der Waals surface area (Å²) in [5.41, 5.74) is 4.80. The zero-order valence-corrected chi connectivity index (χ0v) is 21.7. The van der Waals surface area contributed by atoms with E-state index in [1.54, 1.807) is 6.07 Å². The van der Waals surface area contributed by atoms with E-state index in [1.165, 1.54) is 17.7 Å². The Morgan fingerprint density at radius 1 is 1.00 bits per heavy atom. The molecular weight excluding hydrogens is 474 g/mol. The lowest BCUT2D eigenvalue weighted by atomic mass is 10.00. The fourth-order valence-corrected chi connectivity index (χ4v) is 5.01. The number of carbonyl (C=O) groups excluding carboxylic acids is 1. The first-order valence-electron chi connectivity index (χ1n) is 11.8. The van der Waals surface area contributed by atoms with Crippen molar-refractivity contribution < 1.29 is 17.4 Å². The van der Waals surface area contributed by atoms with Gasteiger partial charge in [0.05, 0.1) is 22.8 Å². The maximum Gasteiger partial charge on any atom is 0.297 e. The fourth-order valence-electron chi connectivity index (χ4n) is 3.93. The maximum absolute atomic E-state index is 13.2. The van der Waals surface area contributed by atoms with Crippen LogP contribution >= 0.6 is 0 Å². The van der Waals surface area contributed by atoms with E-state index in [2.05, 4.69) is 15.5 Å². The van der Waals surface area contributed by atoms with E-state index >= 15 is 0 Å². The summed E-state index contributed by atoms with van der Waals surface area (Å²) in [5, 5.41) is 6.28. The van der Waals surface area contributed by atoms with Crippen LogP contribution in [0.5, 0.6) is 0 Å². The average molecular weight is 506 g/mol. The lowest BCUT2D eigenvalue weighted by molar-refractivity contribution is -0.110. The van der Waals surface area contributed by atoms with Crippen LogP contribution in [0.25, 0.3) is 11.3 Å². The molecule has 188 valence electrons. The first-order valence-corrected chi connectivity index (χ1v) is 13.2. The molecule has 3 aromatic rings. The summed E-state index contributed by atoms with van der Waals surface area (Å²) in [6, 6.07) is 22.1. The zero-order chi connectivity index (χ0) is 25.9. The van der Waals surface area contributed by atoms with Crippen molar-refractivity contribution in [1.29, 1.82) is 0 Å². The number of carbonyl (C=O) groups is 1. The van der Waals surface area contributed by atoms with Crippen LogP contribution in [0.4, 0.5) is 11.4 Å². The molecule has 0 aliphatic carbocycles. The molecule has 8 heteroatoms. The third-order valence-electron chi connectivity index (χ3n) is 5.62. The number of hydrogen-bond acceptors (Lipinski definition) is 6. The van der Waals surface area contributed by atoms with Gasteiger partial charge in [0.2, 0.25) is 0 Å². The average Bonchev–Trinajstić information content (AvgIpc) is 3.17. The highest BCUT2D eigenvalue weighted by molar-refractivity contribution is 7.86. The number of benzene rings is 3. The van der Waals surface area contributed by atoms with E-state index in [1.807, 2.05) is 82.5 Å². The van der Waals surface area contributed by atoms with E-state index in [0.29, 0.717) is 22.5 Å². The van der Waals surface area contributed by atoms with Crippen LogP contribution in [0.2, 0.25) is 0 Å². The van der Waals surface area contributed by atoms with Gasteiger partial charge in [-0.15, -0.1) is 0 Å². The molecule has 1 heterocycles. The number of nitrogens with zero attached hydrogens (tertiary/aromatic N) is 1. The van der Waals surface area contributed by atoms with Gasteiger partial charge in [0.15, 0.2) is 0 Å². The molecule has 0 fully saturated rings. The molecule has 4 rings (SSSR count). The molecule has 3 aromatic carbocycles. The van der Waals surface area contributed by atoms with Gasteiger partial charge in [0.1, 0.15) is 0 Å². The normalized spacial score (nSPS) is 14.7. The lowest BCUT2D eigenvalue weighted by Gasteiger charge is -2.16. The number of amides is 1. The number of rotatable bonds is 9. The van der Waals surface area contributed by atoms with Crippen LogP contribution in [0.15, 0.2) is 77.7 Å². The highest BCUT2D eigenvalue weighted by Gasteiger charge is 2.30. The Morgan fingerprint density at radius 2 is 1.69 bits per heavy atom. The topological polar surface area (TPSA) is 87.7 Å². The standard InChI is InChI=1S/C28H31N3O4S/c1-19(2)18-35-36(33,34)23-14-15-25-24(16-23)26(28(32)30-25)27(21-8-6-5-7-9-21)29-22-12-10-20(11-13-22)17-31(3)4/h5-16,19,29H,17-18H2,1-4H3,(H,30,32)/b27-26-. The van der Waals surface area contributed by atoms with Gasteiger partial charge in [0, 0.05) is 23.5 Å². The van der Waals surface area contributed by atoms with E-state index < -0.39 is 10.1 Å². The van der Waals surface area contributed by atoms with Crippen molar-refractivity contribution in [3.05, 3.63) is 89.5 Å². The lowest BCUT2D eigenvalue weighted by Crippen LogP contribution is -2.12. The Labute approximate surface area is 212 Å². The van der Waals surface area contributed by atoms with Gasteiger partial charge in [-0.05, 0) is 61.5 Å². The van der Waals surface area contributed by atoms with Gasteiger partial charge >= 0.3 is 0 Å². The molecule has 0 saturated carbocycles.